The first-order chi connectivity index (χ1) is 17.2. The molecule has 1 aliphatic rings. The van der Waals surface area contributed by atoms with Crippen LogP contribution in [0.2, 0.25) is 0 Å². The van der Waals surface area contributed by atoms with Crippen molar-refractivity contribution in [3.8, 4) is 22.1 Å². The van der Waals surface area contributed by atoms with Gasteiger partial charge in [0.1, 0.15) is 5.01 Å². The number of phenolic OH excluding ortho intramolecular Hbond substituents is 1. The molecule has 188 valence electrons. The van der Waals surface area contributed by atoms with Crippen LogP contribution in [0.3, 0.4) is 0 Å². The van der Waals surface area contributed by atoms with Crippen LogP contribution in [-0.4, -0.2) is 70.5 Å². The SMILES string of the molecule is CCOc1cc(C2C(C(=O)c3sc(-c4ccccc4)nc3C)=C(O)C(=O)N2CCN(C)C)ccc1O. The van der Waals surface area contributed by atoms with Crippen molar-refractivity contribution in [1.29, 1.82) is 0 Å². The van der Waals surface area contributed by atoms with Gasteiger partial charge in [0.15, 0.2) is 17.3 Å². The maximum atomic E-state index is 13.9. The summed E-state index contributed by atoms with van der Waals surface area (Å²) >= 11 is 1.23. The fraction of sp³-hybridized carbons (Fsp3) is 0.296. The number of hydrogen-bond donors (Lipinski definition) is 2. The first kappa shape index (κ1) is 25.4. The highest BCUT2D eigenvalue weighted by molar-refractivity contribution is 7.17. The van der Waals surface area contributed by atoms with E-state index < -0.39 is 23.5 Å². The molecule has 1 aromatic heterocycles. The van der Waals surface area contributed by atoms with Crippen LogP contribution in [0.15, 0.2) is 59.9 Å². The van der Waals surface area contributed by atoms with Crippen molar-refractivity contribution in [3.05, 3.63) is 76.0 Å². The number of amides is 1. The van der Waals surface area contributed by atoms with Gasteiger partial charge in [-0.25, -0.2) is 4.98 Å². The summed E-state index contributed by atoms with van der Waals surface area (Å²) in [6.45, 7) is 4.70. The molecule has 3 aromatic rings. The molecule has 9 heteroatoms. The van der Waals surface area contributed by atoms with Gasteiger partial charge in [0.2, 0.25) is 5.78 Å². The number of aryl methyl sites for hydroxylation is 1. The smallest absolute Gasteiger partial charge is 0.290 e. The molecular weight excluding hydrogens is 478 g/mol. The molecule has 0 fully saturated rings. The van der Waals surface area contributed by atoms with Gasteiger partial charge in [-0.3, -0.25) is 9.59 Å². The molecule has 1 amide bonds. The van der Waals surface area contributed by atoms with Gasteiger partial charge < -0.3 is 24.7 Å². The van der Waals surface area contributed by atoms with Crippen molar-refractivity contribution >= 4 is 23.0 Å². The number of ether oxygens (including phenoxy) is 1. The highest BCUT2D eigenvalue weighted by atomic mass is 32.1. The van der Waals surface area contributed by atoms with Crippen LogP contribution in [-0.2, 0) is 4.79 Å². The normalized spacial score (nSPS) is 15.8. The number of carbonyl (C=O) groups excluding carboxylic acids is 2. The van der Waals surface area contributed by atoms with Crippen LogP contribution in [0.1, 0.15) is 33.9 Å². The molecule has 0 radical (unpaired) electrons. The van der Waals surface area contributed by atoms with Crippen LogP contribution >= 0.6 is 11.3 Å². The van der Waals surface area contributed by atoms with Crippen LogP contribution in [0.4, 0.5) is 0 Å². The van der Waals surface area contributed by atoms with Gasteiger partial charge in [0.05, 0.1) is 28.8 Å². The quantitative estimate of drug-likeness (QED) is 0.415. The monoisotopic (exact) mass is 507 g/mol. The number of hydrogen-bond acceptors (Lipinski definition) is 8. The Morgan fingerprint density at radius 2 is 1.89 bits per heavy atom. The Morgan fingerprint density at radius 3 is 2.56 bits per heavy atom. The summed E-state index contributed by atoms with van der Waals surface area (Å²) in [6.07, 6.45) is 0. The van der Waals surface area contributed by atoms with E-state index in [9.17, 15) is 19.8 Å². The molecule has 2 aromatic carbocycles. The molecular formula is C27H29N3O5S. The van der Waals surface area contributed by atoms with Gasteiger partial charge in [-0.1, -0.05) is 36.4 Å². The molecule has 4 rings (SSSR count). The first-order valence-electron chi connectivity index (χ1n) is 11.6. The third kappa shape index (κ3) is 4.84. The lowest BCUT2D eigenvalue weighted by Crippen LogP contribution is -2.36. The molecule has 1 atom stereocenters. The number of phenols is 1. The largest absolute Gasteiger partial charge is 0.504 e. The molecule has 2 heterocycles. The molecule has 1 unspecified atom stereocenters. The van der Waals surface area contributed by atoms with Crippen LogP contribution in [0.25, 0.3) is 10.6 Å². The molecule has 0 spiro atoms. The predicted octanol–water partition coefficient (Wildman–Crippen LogP) is 4.36. The minimum atomic E-state index is -0.841. The Kier molecular flexibility index (Phi) is 7.42. The predicted molar refractivity (Wildman–Crippen MR) is 139 cm³/mol. The van der Waals surface area contributed by atoms with Gasteiger partial charge in [-0.05, 0) is 45.6 Å². The van der Waals surface area contributed by atoms with Gasteiger partial charge in [-0.15, -0.1) is 11.3 Å². The van der Waals surface area contributed by atoms with E-state index >= 15 is 0 Å². The molecule has 0 bridgehead atoms. The lowest BCUT2D eigenvalue weighted by Gasteiger charge is -2.28. The van der Waals surface area contributed by atoms with Crippen molar-refractivity contribution < 1.29 is 24.5 Å². The fourth-order valence-electron chi connectivity index (χ4n) is 4.18. The number of likely N-dealkylation sites (N-methyl/N-ethyl adjacent to an activating group) is 1. The Balaban J connectivity index is 1.80. The Labute approximate surface area is 214 Å². The number of rotatable bonds is 9. The van der Waals surface area contributed by atoms with E-state index in [-0.39, 0.29) is 17.1 Å². The number of aliphatic hydroxyl groups is 1. The van der Waals surface area contributed by atoms with Crippen LogP contribution in [0.5, 0.6) is 11.5 Å². The average Bonchev–Trinajstić information content (AvgIpc) is 3.37. The molecule has 36 heavy (non-hydrogen) atoms. The van der Waals surface area contributed by atoms with E-state index in [0.717, 1.165) is 5.56 Å². The van der Waals surface area contributed by atoms with E-state index in [1.54, 1.807) is 26.0 Å². The molecule has 1 aliphatic heterocycles. The first-order valence-corrected chi connectivity index (χ1v) is 12.5. The second-order valence-corrected chi connectivity index (χ2v) is 9.75. The van der Waals surface area contributed by atoms with Gasteiger partial charge >= 0.3 is 0 Å². The van der Waals surface area contributed by atoms with Gasteiger partial charge in [0, 0.05) is 18.7 Å². The summed E-state index contributed by atoms with van der Waals surface area (Å²) in [7, 11) is 3.77. The highest BCUT2D eigenvalue weighted by Gasteiger charge is 2.44. The van der Waals surface area contributed by atoms with E-state index in [2.05, 4.69) is 4.98 Å². The van der Waals surface area contributed by atoms with Crippen molar-refractivity contribution in [2.45, 2.75) is 19.9 Å². The zero-order chi connectivity index (χ0) is 26.0. The number of carbonyl (C=O) groups is 2. The maximum Gasteiger partial charge on any atom is 0.290 e. The molecule has 8 nitrogen and oxygen atoms in total. The molecule has 2 N–H and O–H groups in total. The minimum Gasteiger partial charge on any atom is -0.504 e. The summed E-state index contributed by atoms with van der Waals surface area (Å²) in [4.78, 5) is 35.4. The molecule has 0 saturated carbocycles. The number of aliphatic hydroxyl groups excluding tert-OH is 1. The number of aromatic nitrogens is 1. The fourth-order valence-corrected chi connectivity index (χ4v) is 5.20. The highest BCUT2D eigenvalue weighted by Crippen LogP contribution is 2.42. The van der Waals surface area contributed by atoms with Crippen molar-refractivity contribution in [1.82, 2.24) is 14.8 Å². The zero-order valence-corrected chi connectivity index (χ0v) is 21.5. The van der Waals surface area contributed by atoms with Crippen molar-refractivity contribution in [2.24, 2.45) is 0 Å². The maximum absolute atomic E-state index is 13.9. The standard InChI is InChI=1S/C27H29N3O5S/c1-5-35-20-15-18(11-12-19(20)31)22-21(24(33)27(34)30(22)14-13-29(3)4)23(32)25-16(2)28-26(36-25)17-9-7-6-8-10-17/h6-12,15,22,31,33H,5,13-14H2,1-4H3. The van der Waals surface area contributed by atoms with Gasteiger partial charge in [0.25, 0.3) is 5.91 Å². The second-order valence-electron chi connectivity index (χ2n) is 8.76. The number of Topliss-reactive ketones (excluding diaryl/α,β-unsaturated/α-hetero) is 1. The van der Waals surface area contributed by atoms with Crippen molar-refractivity contribution in [3.63, 3.8) is 0 Å². The van der Waals surface area contributed by atoms with Crippen molar-refractivity contribution in [2.75, 3.05) is 33.8 Å². The number of aromatic hydroxyl groups is 1. The summed E-state index contributed by atoms with van der Waals surface area (Å²) in [5.74, 6) is -1.42. The van der Waals surface area contributed by atoms with E-state index in [1.807, 2.05) is 49.3 Å². The minimum absolute atomic E-state index is 0.00161. The summed E-state index contributed by atoms with van der Waals surface area (Å²) < 4.78 is 5.54. The van der Waals surface area contributed by atoms with E-state index in [4.69, 9.17) is 4.74 Å². The van der Waals surface area contributed by atoms with Crippen LogP contribution < -0.4 is 4.74 Å². The van der Waals surface area contributed by atoms with E-state index in [0.29, 0.717) is 40.8 Å². The molecule has 0 aliphatic carbocycles. The van der Waals surface area contributed by atoms with Crippen LogP contribution in [0, 0.1) is 6.92 Å². The zero-order valence-electron chi connectivity index (χ0n) is 20.7. The summed E-state index contributed by atoms with van der Waals surface area (Å²) in [6, 6.07) is 13.4. The number of nitrogens with zero attached hydrogens (tertiary/aromatic N) is 3. The Bertz CT molecular complexity index is 1320. The summed E-state index contributed by atoms with van der Waals surface area (Å²) in [5, 5.41) is 21.8. The number of ketones is 1. The van der Waals surface area contributed by atoms with E-state index in [1.165, 1.54) is 22.3 Å². The topological polar surface area (TPSA) is 103 Å². The summed E-state index contributed by atoms with van der Waals surface area (Å²) in [5.41, 5.74) is 1.97. The second kappa shape index (κ2) is 10.5. The molecule has 0 saturated heterocycles. The Hall–Kier alpha value is -3.69. The number of benzene rings is 2. The van der Waals surface area contributed by atoms with Gasteiger partial charge in [-0.2, -0.15) is 0 Å². The average molecular weight is 508 g/mol. The number of thiazole rings is 1. The Morgan fingerprint density at radius 1 is 1.17 bits per heavy atom. The third-order valence-electron chi connectivity index (χ3n) is 5.96. The lowest BCUT2D eigenvalue weighted by molar-refractivity contribution is -0.129. The third-order valence-corrected chi connectivity index (χ3v) is 7.16. The lowest BCUT2D eigenvalue weighted by atomic mass is 9.94.